The van der Waals surface area contributed by atoms with E-state index in [1.807, 2.05) is 13.8 Å². The van der Waals surface area contributed by atoms with Crippen molar-refractivity contribution in [3.63, 3.8) is 0 Å². The zero-order valence-electron chi connectivity index (χ0n) is 13.0. The molecule has 0 fully saturated rings. The maximum atomic E-state index is 11.9. The van der Waals surface area contributed by atoms with Crippen LogP contribution in [-0.4, -0.2) is 31.6 Å². The van der Waals surface area contributed by atoms with E-state index in [-0.39, 0.29) is 5.91 Å². The van der Waals surface area contributed by atoms with Crippen molar-refractivity contribution in [3.05, 3.63) is 35.4 Å². The molecule has 0 aromatic heterocycles. The number of carbonyl (C=O) groups is 2. The Labute approximate surface area is 125 Å². The van der Waals surface area contributed by atoms with E-state index in [1.165, 1.54) is 0 Å². The molecule has 0 radical (unpaired) electrons. The minimum absolute atomic E-state index is 0.284. The lowest BCUT2D eigenvalue weighted by Crippen LogP contribution is -2.37. The lowest BCUT2D eigenvalue weighted by atomic mass is 10.1. The Morgan fingerprint density at radius 2 is 1.76 bits per heavy atom. The first-order valence-electron chi connectivity index (χ1n) is 7.00. The van der Waals surface area contributed by atoms with Crippen molar-refractivity contribution in [2.45, 2.75) is 33.5 Å². The summed E-state index contributed by atoms with van der Waals surface area (Å²) >= 11 is 0. The van der Waals surface area contributed by atoms with Crippen LogP contribution in [0.1, 0.15) is 36.7 Å². The number of hydrogen-bond donors (Lipinski definition) is 1. The largest absolute Gasteiger partial charge is 0.449 e. The van der Waals surface area contributed by atoms with Crippen molar-refractivity contribution in [1.29, 1.82) is 0 Å². The van der Waals surface area contributed by atoms with Gasteiger partial charge in [-0.05, 0) is 30.5 Å². The van der Waals surface area contributed by atoms with Crippen LogP contribution in [0.4, 0.5) is 0 Å². The van der Waals surface area contributed by atoms with Crippen LogP contribution in [0.15, 0.2) is 24.3 Å². The van der Waals surface area contributed by atoms with E-state index in [2.05, 4.69) is 5.32 Å². The van der Waals surface area contributed by atoms with Gasteiger partial charge in [-0.2, -0.15) is 0 Å². The molecule has 0 heterocycles. The highest BCUT2D eigenvalue weighted by Gasteiger charge is 2.18. The Kier molecular flexibility index (Phi) is 6.88. The van der Waals surface area contributed by atoms with Crippen molar-refractivity contribution >= 4 is 11.9 Å². The summed E-state index contributed by atoms with van der Waals surface area (Å²) in [5.41, 5.74) is 1.38. The van der Waals surface area contributed by atoms with Crippen molar-refractivity contribution < 1.29 is 19.1 Å². The van der Waals surface area contributed by atoms with E-state index in [4.69, 9.17) is 9.47 Å². The van der Waals surface area contributed by atoms with Gasteiger partial charge in [-0.15, -0.1) is 0 Å². The Morgan fingerprint density at radius 3 is 2.29 bits per heavy atom. The summed E-state index contributed by atoms with van der Waals surface area (Å²) in [7, 11) is 1.61. The van der Waals surface area contributed by atoms with Crippen molar-refractivity contribution in [2.24, 2.45) is 5.92 Å². The molecule has 5 nitrogen and oxygen atoms in total. The van der Waals surface area contributed by atoms with E-state index in [0.29, 0.717) is 24.6 Å². The molecule has 5 heteroatoms. The third kappa shape index (κ3) is 5.95. The highest BCUT2D eigenvalue weighted by Crippen LogP contribution is 2.08. The van der Waals surface area contributed by atoms with Gasteiger partial charge in [0.1, 0.15) is 0 Å². The summed E-state index contributed by atoms with van der Waals surface area (Å²) in [6, 6.07) is 6.91. The second-order valence-electron chi connectivity index (χ2n) is 5.32. The van der Waals surface area contributed by atoms with Crippen LogP contribution in [0, 0.1) is 5.92 Å². The van der Waals surface area contributed by atoms with Crippen LogP contribution in [-0.2, 0) is 20.9 Å². The number of methoxy groups -OCH3 is 1. The predicted octanol–water partition coefficient (Wildman–Crippen LogP) is 2.15. The maximum Gasteiger partial charge on any atom is 0.338 e. The van der Waals surface area contributed by atoms with Crippen LogP contribution < -0.4 is 5.32 Å². The molecule has 1 aromatic carbocycles. The molecule has 1 rings (SSSR count). The summed E-state index contributed by atoms with van der Waals surface area (Å²) in [6.07, 6.45) is -0.810. The van der Waals surface area contributed by atoms with Gasteiger partial charge in [-0.25, -0.2) is 4.79 Å². The molecule has 1 atom stereocenters. The molecule has 1 unspecified atom stereocenters. The number of nitrogens with one attached hydrogen (secondary N) is 1. The molecule has 0 saturated heterocycles. The van der Waals surface area contributed by atoms with E-state index in [1.54, 1.807) is 38.3 Å². The number of hydrogen-bond acceptors (Lipinski definition) is 4. The van der Waals surface area contributed by atoms with Gasteiger partial charge in [-0.1, -0.05) is 26.0 Å². The Morgan fingerprint density at radius 1 is 1.14 bits per heavy atom. The van der Waals surface area contributed by atoms with Gasteiger partial charge in [0.25, 0.3) is 5.91 Å². The van der Waals surface area contributed by atoms with E-state index >= 15 is 0 Å². The quantitative estimate of drug-likeness (QED) is 0.782. The van der Waals surface area contributed by atoms with E-state index in [9.17, 15) is 9.59 Å². The van der Waals surface area contributed by atoms with Gasteiger partial charge in [0, 0.05) is 13.7 Å². The monoisotopic (exact) mass is 293 g/mol. The highest BCUT2D eigenvalue weighted by atomic mass is 16.5. The Hall–Kier alpha value is -1.88. The van der Waals surface area contributed by atoms with Crippen molar-refractivity contribution in [3.8, 4) is 0 Å². The molecule has 116 valence electrons. The highest BCUT2D eigenvalue weighted by molar-refractivity contribution is 5.92. The summed E-state index contributed by atoms with van der Waals surface area (Å²) in [5, 5.41) is 2.73. The lowest BCUT2D eigenvalue weighted by Gasteiger charge is -2.14. The Bertz CT molecular complexity index is 468. The first-order valence-corrected chi connectivity index (χ1v) is 7.00. The summed E-state index contributed by atoms with van der Waals surface area (Å²) in [6.45, 7) is 6.61. The lowest BCUT2D eigenvalue weighted by molar-refractivity contribution is -0.129. The molecule has 1 aromatic rings. The number of benzene rings is 1. The fraction of sp³-hybridized carbons (Fsp3) is 0.500. The number of ether oxygens (including phenoxy) is 2. The Balaban J connectivity index is 2.53. The molecule has 1 N–H and O–H groups in total. The zero-order chi connectivity index (χ0) is 15.8. The molecule has 0 bridgehead atoms. The maximum absolute atomic E-state index is 11.9. The molecule has 0 aliphatic heterocycles. The van der Waals surface area contributed by atoms with Crippen LogP contribution in [0.2, 0.25) is 0 Å². The van der Waals surface area contributed by atoms with Crippen LogP contribution >= 0.6 is 0 Å². The van der Waals surface area contributed by atoms with Crippen LogP contribution in [0.25, 0.3) is 0 Å². The molecule has 1 amide bonds. The van der Waals surface area contributed by atoms with Gasteiger partial charge < -0.3 is 14.8 Å². The third-order valence-electron chi connectivity index (χ3n) is 2.84. The topological polar surface area (TPSA) is 64.6 Å². The third-order valence-corrected chi connectivity index (χ3v) is 2.84. The molecule has 0 aliphatic rings. The number of rotatable bonds is 7. The normalized spacial score (nSPS) is 12.0. The fourth-order valence-electron chi connectivity index (χ4n) is 1.63. The SMILES string of the molecule is COCc1ccc(C(=O)OC(C)C(=O)NCC(C)C)cc1. The van der Waals surface area contributed by atoms with Gasteiger partial charge in [-0.3, -0.25) is 4.79 Å². The second kappa shape index (κ2) is 8.42. The van der Waals surface area contributed by atoms with Crippen LogP contribution in [0.5, 0.6) is 0 Å². The van der Waals surface area contributed by atoms with Gasteiger partial charge in [0.2, 0.25) is 0 Å². The minimum Gasteiger partial charge on any atom is -0.449 e. The standard InChI is InChI=1S/C16H23NO4/c1-11(2)9-17-15(18)12(3)21-16(19)14-7-5-13(6-8-14)10-20-4/h5-8,11-12H,9-10H2,1-4H3,(H,17,18). The van der Waals surface area contributed by atoms with Crippen molar-refractivity contribution in [1.82, 2.24) is 5.32 Å². The summed E-state index contributed by atoms with van der Waals surface area (Å²) < 4.78 is 10.1. The van der Waals surface area contributed by atoms with Gasteiger partial charge in [0.05, 0.1) is 12.2 Å². The molecule has 0 spiro atoms. The molecule has 0 saturated carbocycles. The fourth-order valence-corrected chi connectivity index (χ4v) is 1.63. The number of esters is 1. The molecular formula is C16H23NO4. The van der Waals surface area contributed by atoms with E-state index in [0.717, 1.165) is 5.56 Å². The van der Waals surface area contributed by atoms with Crippen molar-refractivity contribution in [2.75, 3.05) is 13.7 Å². The van der Waals surface area contributed by atoms with Gasteiger partial charge >= 0.3 is 5.97 Å². The zero-order valence-corrected chi connectivity index (χ0v) is 13.0. The minimum atomic E-state index is -0.810. The first-order chi connectivity index (χ1) is 9.93. The number of amides is 1. The second-order valence-corrected chi connectivity index (χ2v) is 5.32. The molecule has 0 aliphatic carbocycles. The smallest absolute Gasteiger partial charge is 0.338 e. The van der Waals surface area contributed by atoms with Gasteiger partial charge in [0.15, 0.2) is 6.10 Å². The summed E-state index contributed by atoms with van der Waals surface area (Å²) in [4.78, 5) is 23.7. The summed E-state index contributed by atoms with van der Waals surface area (Å²) in [5.74, 6) is -0.440. The van der Waals surface area contributed by atoms with E-state index < -0.39 is 12.1 Å². The number of carbonyl (C=O) groups excluding carboxylic acids is 2. The average molecular weight is 293 g/mol. The average Bonchev–Trinajstić information content (AvgIpc) is 2.45. The first kappa shape index (κ1) is 17.2. The molecular weight excluding hydrogens is 270 g/mol. The predicted molar refractivity (Wildman–Crippen MR) is 79.9 cm³/mol. The molecule has 21 heavy (non-hydrogen) atoms. The van der Waals surface area contributed by atoms with Crippen LogP contribution in [0.3, 0.4) is 0 Å².